The molecule has 1 atom stereocenters. The Morgan fingerprint density at radius 1 is 1.00 bits per heavy atom. The van der Waals surface area contributed by atoms with Gasteiger partial charge in [-0.1, -0.05) is 36.4 Å². The topological polar surface area (TPSA) is 69.7 Å². The van der Waals surface area contributed by atoms with Gasteiger partial charge < -0.3 is 5.32 Å². The minimum atomic E-state index is -1.35. The maximum absolute atomic E-state index is 14.0. The van der Waals surface area contributed by atoms with E-state index in [0.717, 1.165) is 11.1 Å². The fourth-order valence-corrected chi connectivity index (χ4v) is 5.98. The first kappa shape index (κ1) is 22.2. The van der Waals surface area contributed by atoms with Gasteiger partial charge in [0.25, 0.3) is 5.91 Å². The van der Waals surface area contributed by atoms with Crippen molar-refractivity contribution in [2.24, 2.45) is 0 Å². The van der Waals surface area contributed by atoms with E-state index < -0.39 is 10.7 Å². The maximum atomic E-state index is 14.0. The lowest BCUT2D eigenvalue weighted by Crippen LogP contribution is -2.50. The van der Waals surface area contributed by atoms with Gasteiger partial charge in [-0.05, 0) is 55.3 Å². The molecule has 0 aromatic heterocycles. The van der Waals surface area contributed by atoms with Crippen LogP contribution in [0.15, 0.2) is 66.7 Å². The number of rotatable bonds is 4. The molecule has 1 spiro atoms. The average Bonchev–Trinajstić information content (AvgIpc) is 3.28. The Bertz CT molecular complexity index is 1330. The number of benzene rings is 3. The van der Waals surface area contributed by atoms with Crippen LogP contribution in [0.25, 0.3) is 0 Å². The van der Waals surface area contributed by atoms with Gasteiger partial charge >= 0.3 is 0 Å². The zero-order valence-corrected chi connectivity index (χ0v) is 19.5. The lowest BCUT2D eigenvalue weighted by atomic mass is 10.0. The van der Waals surface area contributed by atoms with Gasteiger partial charge in [-0.2, -0.15) is 0 Å². The molecule has 3 aromatic rings. The Hall–Kier alpha value is -3.65. The SMILES string of the molecule is Cc1ccccc1NC(=O)CN1C(=O)[C@]2(SCC(=O)N2c2ccc(F)cc2)c2cccc(C)c21. The van der Waals surface area contributed by atoms with Gasteiger partial charge in [0.2, 0.25) is 16.7 Å². The van der Waals surface area contributed by atoms with Crippen LogP contribution in [0.1, 0.15) is 16.7 Å². The molecule has 0 radical (unpaired) electrons. The van der Waals surface area contributed by atoms with Gasteiger partial charge in [0, 0.05) is 16.9 Å². The summed E-state index contributed by atoms with van der Waals surface area (Å²) in [5.41, 5.74) is 4.13. The number of para-hydroxylation sites is 2. The summed E-state index contributed by atoms with van der Waals surface area (Å²) >= 11 is 1.22. The van der Waals surface area contributed by atoms with Crippen molar-refractivity contribution in [3.63, 3.8) is 0 Å². The highest BCUT2D eigenvalue weighted by Crippen LogP contribution is 2.56. The van der Waals surface area contributed by atoms with E-state index >= 15 is 0 Å². The third-order valence-corrected chi connectivity index (χ3v) is 7.57. The summed E-state index contributed by atoms with van der Waals surface area (Å²) in [5, 5.41) is 2.88. The molecule has 3 amide bonds. The lowest BCUT2D eigenvalue weighted by molar-refractivity contribution is -0.124. The van der Waals surface area contributed by atoms with Crippen molar-refractivity contribution in [3.8, 4) is 0 Å². The van der Waals surface area contributed by atoms with Crippen molar-refractivity contribution in [1.29, 1.82) is 0 Å². The smallest absolute Gasteiger partial charge is 0.269 e. The van der Waals surface area contributed by atoms with Gasteiger partial charge in [-0.25, -0.2) is 4.39 Å². The van der Waals surface area contributed by atoms with E-state index in [9.17, 15) is 18.8 Å². The number of carbonyl (C=O) groups excluding carboxylic acids is 3. The monoisotopic (exact) mass is 475 g/mol. The molecule has 0 bridgehead atoms. The lowest BCUT2D eigenvalue weighted by Gasteiger charge is -2.33. The number of thioether (sulfide) groups is 1. The average molecular weight is 476 g/mol. The fraction of sp³-hybridized carbons (Fsp3) is 0.192. The Morgan fingerprint density at radius 3 is 2.44 bits per heavy atom. The molecule has 0 saturated carbocycles. The normalized spacial score (nSPS) is 19.1. The van der Waals surface area contributed by atoms with Crippen molar-refractivity contribution in [2.75, 3.05) is 27.4 Å². The van der Waals surface area contributed by atoms with Crippen LogP contribution in [0.3, 0.4) is 0 Å². The summed E-state index contributed by atoms with van der Waals surface area (Å²) in [6.45, 7) is 3.58. The highest BCUT2D eigenvalue weighted by molar-refractivity contribution is 8.02. The van der Waals surface area contributed by atoms with E-state index in [1.54, 1.807) is 0 Å². The summed E-state index contributed by atoms with van der Waals surface area (Å²) in [6, 6.07) is 18.5. The molecule has 6 nitrogen and oxygen atoms in total. The number of amides is 3. The van der Waals surface area contributed by atoms with Crippen molar-refractivity contribution >= 4 is 46.5 Å². The number of halogens is 1. The van der Waals surface area contributed by atoms with Crippen LogP contribution in [0.2, 0.25) is 0 Å². The molecule has 1 N–H and O–H groups in total. The van der Waals surface area contributed by atoms with E-state index in [1.807, 2.05) is 56.3 Å². The summed E-state index contributed by atoms with van der Waals surface area (Å²) in [6.07, 6.45) is 0. The zero-order chi connectivity index (χ0) is 24.0. The van der Waals surface area contributed by atoms with Crippen LogP contribution in [0, 0.1) is 19.7 Å². The first-order chi connectivity index (χ1) is 16.3. The zero-order valence-electron chi connectivity index (χ0n) is 18.7. The molecule has 1 fully saturated rings. The molecule has 2 aliphatic rings. The second-order valence-corrected chi connectivity index (χ2v) is 9.53. The minimum absolute atomic E-state index is 0.0970. The minimum Gasteiger partial charge on any atom is -0.324 e. The van der Waals surface area contributed by atoms with Crippen LogP contribution >= 0.6 is 11.8 Å². The van der Waals surface area contributed by atoms with Crippen LogP contribution in [-0.4, -0.2) is 30.0 Å². The largest absolute Gasteiger partial charge is 0.324 e. The van der Waals surface area contributed by atoms with Crippen molar-refractivity contribution in [3.05, 3.63) is 89.2 Å². The van der Waals surface area contributed by atoms with Gasteiger partial charge in [-0.15, -0.1) is 11.8 Å². The Morgan fingerprint density at radius 2 is 1.71 bits per heavy atom. The van der Waals surface area contributed by atoms with E-state index in [2.05, 4.69) is 5.32 Å². The number of nitrogens with one attached hydrogen (secondary N) is 1. The van der Waals surface area contributed by atoms with Crippen LogP contribution in [0.4, 0.5) is 21.5 Å². The Balaban J connectivity index is 1.56. The highest BCUT2D eigenvalue weighted by Gasteiger charge is 2.61. The Labute approximate surface area is 200 Å². The highest BCUT2D eigenvalue weighted by atomic mass is 32.2. The van der Waals surface area contributed by atoms with E-state index in [1.165, 1.54) is 45.8 Å². The number of hydrogen-bond donors (Lipinski definition) is 1. The quantitative estimate of drug-likeness (QED) is 0.609. The molecule has 0 unspecified atom stereocenters. The fourth-order valence-electron chi connectivity index (χ4n) is 4.63. The molecule has 5 rings (SSSR count). The standard InChI is InChI=1S/C26H22FN3O3S/c1-16-6-3-4-9-21(16)28-22(31)14-29-24-17(2)7-5-8-20(24)26(25(29)33)30(23(32)15-34-26)19-12-10-18(27)11-13-19/h3-13H,14-15H2,1-2H3,(H,28,31)/t26-/m1/s1. The molecule has 3 aromatic carbocycles. The number of anilines is 3. The number of fused-ring (bicyclic) bond motifs is 2. The molecule has 172 valence electrons. The van der Waals surface area contributed by atoms with Gasteiger partial charge in [0.15, 0.2) is 0 Å². The van der Waals surface area contributed by atoms with Crippen molar-refractivity contribution in [2.45, 2.75) is 18.7 Å². The van der Waals surface area contributed by atoms with Crippen molar-refractivity contribution < 1.29 is 18.8 Å². The number of carbonyl (C=O) groups is 3. The molecule has 34 heavy (non-hydrogen) atoms. The Kier molecular flexibility index (Phi) is 5.40. The molecule has 8 heteroatoms. The molecule has 2 aliphatic heterocycles. The maximum Gasteiger partial charge on any atom is 0.269 e. The number of nitrogens with zero attached hydrogens (tertiary/aromatic N) is 2. The van der Waals surface area contributed by atoms with E-state index in [0.29, 0.717) is 22.6 Å². The first-order valence-corrected chi connectivity index (χ1v) is 11.8. The predicted octanol–water partition coefficient (Wildman–Crippen LogP) is 4.36. The summed E-state index contributed by atoms with van der Waals surface area (Å²) in [7, 11) is 0. The van der Waals surface area contributed by atoms with E-state index in [4.69, 9.17) is 0 Å². The summed E-state index contributed by atoms with van der Waals surface area (Å²) in [5.74, 6) is -1.28. The van der Waals surface area contributed by atoms with Crippen molar-refractivity contribution in [1.82, 2.24) is 0 Å². The summed E-state index contributed by atoms with van der Waals surface area (Å²) in [4.78, 5) is 41.6. The molecular weight excluding hydrogens is 453 g/mol. The second-order valence-electron chi connectivity index (χ2n) is 8.36. The van der Waals surface area contributed by atoms with Gasteiger partial charge in [-0.3, -0.25) is 24.2 Å². The predicted molar refractivity (Wildman–Crippen MR) is 131 cm³/mol. The number of aryl methyl sites for hydroxylation is 2. The molecule has 2 heterocycles. The van der Waals surface area contributed by atoms with Gasteiger partial charge in [0.05, 0.1) is 11.4 Å². The molecule has 1 saturated heterocycles. The van der Waals surface area contributed by atoms with Crippen LogP contribution in [0.5, 0.6) is 0 Å². The molecular formula is C26H22FN3O3S. The second kappa shape index (κ2) is 8.29. The summed E-state index contributed by atoms with van der Waals surface area (Å²) < 4.78 is 13.6. The third-order valence-electron chi connectivity index (χ3n) is 6.18. The molecule has 0 aliphatic carbocycles. The van der Waals surface area contributed by atoms with Crippen LogP contribution < -0.4 is 15.1 Å². The third kappa shape index (κ3) is 3.37. The van der Waals surface area contributed by atoms with Gasteiger partial charge in [0.1, 0.15) is 12.4 Å². The van der Waals surface area contributed by atoms with E-state index in [-0.39, 0.29) is 30.0 Å². The number of hydrogen-bond acceptors (Lipinski definition) is 4. The van der Waals surface area contributed by atoms with Crippen LogP contribution in [-0.2, 0) is 19.3 Å². The first-order valence-electron chi connectivity index (χ1n) is 10.8.